The van der Waals surface area contributed by atoms with Crippen molar-refractivity contribution in [3.63, 3.8) is 0 Å². The molecule has 30 heavy (non-hydrogen) atoms. The van der Waals surface area contributed by atoms with E-state index in [1.807, 2.05) is 0 Å². The summed E-state index contributed by atoms with van der Waals surface area (Å²) in [5.41, 5.74) is 0. The van der Waals surface area contributed by atoms with Gasteiger partial charge in [0.2, 0.25) is 17.4 Å². The van der Waals surface area contributed by atoms with Crippen molar-refractivity contribution >= 4 is 23.9 Å². The molecule has 1 unspecified atom stereocenters. The van der Waals surface area contributed by atoms with Gasteiger partial charge in [-0.25, -0.2) is 0 Å². The molecular formula is C12H19NaO16Zr. The van der Waals surface area contributed by atoms with E-state index in [9.17, 15) is 44.7 Å². The maximum absolute atomic E-state index is 9.70. The van der Waals surface area contributed by atoms with Crippen LogP contribution in [-0.4, -0.2) is 82.8 Å². The van der Waals surface area contributed by atoms with Crippen molar-refractivity contribution < 1.29 is 136 Å². The van der Waals surface area contributed by atoms with Crippen LogP contribution < -0.4 is 55.1 Å². The number of hydrogen-bond donors (Lipinski definition) is 7. The van der Waals surface area contributed by atoms with E-state index in [4.69, 9.17) is 35.7 Å². The van der Waals surface area contributed by atoms with Crippen molar-refractivity contribution in [2.75, 3.05) is 0 Å². The Labute approximate surface area is 210 Å². The maximum Gasteiger partial charge on any atom is 4.00 e. The van der Waals surface area contributed by atoms with Gasteiger partial charge in [0.15, 0.2) is 0 Å². The number of aliphatic hydroxyl groups is 7. The summed E-state index contributed by atoms with van der Waals surface area (Å²) in [6.07, 6.45) is 0. The predicted octanol–water partition coefficient (Wildman–Crippen LogP) is -13.9. The fraction of sp³-hybridized carbons (Fsp3) is 0.667. The Morgan fingerprint density at radius 3 is 0.600 bits per heavy atom. The molecule has 0 rings (SSSR count). The first kappa shape index (κ1) is 43.3. The van der Waals surface area contributed by atoms with Crippen LogP contribution in [0.3, 0.4) is 0 Å². The van der Waals surface area contributed by atoms with E-state index in [-0.39, 0.29) is 55.8 Å². The second-order valence-corrected chi connectivity index (χ2v) is 5.20. The van der Waals surface area contributed by atoms with Gasteiger partial charge in [0, 0.05) is 5.79 Å². The summed E-state index contributed by atoms with van der Waals surface area (Å²) in [5, 5.41) is 103. The molecule has 0 saturated carbocycles. The molecule has 0 aromatic carbocycles. The van der Waals surface area contributed by atoms with Crippen LogP contribution >= 0.6 is 0 Å². The number of carboxylic acid groups (broad SMARTS) is 4. The Morgan fingerprint density at radius 1 is 0.533 bits per heavy atom. The van der Waals surface area contributed by atoms with E-state index in [0.717, 1.165) is 0 Å². The fourth-order valence-electron chi connectivity index (χ4n) is 0. The number of carbonyl (C=O) groups is 4. The molecule has 0 spiro atoms. The van der Waals surface area contributed by atoms with Gasteiger partial charge in [0.1, 0.15) is 0 Å². The summed E-state index contributed by atoms with van der Waals surface area (Å²) in [7, 11) is 0. The molecular weight excluding hydrogens is 514 g/mol. The first-order valence-electron chi connectivity index (χ1n) is 6.40. The maximum atomic E-state index is 9.70. The minimum atomic E-state index is -2.94. The molecule has 0 fully saturated rings. The number of carbonyl (C=O) groups excluding carboxylic acids is 4. The molecule has 0 aliphatic carbocycles. The third-order valence-corrected chi connectivity index (χ3v) is 1.54. The minimum Gasteiger partial charge on any atom is -0.824 e. The second kappa shape index (κ2) is 17.1. The van der Waals surface area contributed by atoms with Crippen molar-refractivity contribution in [1.82, 2.24) is 0 Å². The normalized spacial score (nSPS) is 12.1. The Hall–Kier alpha value is -0.557. The van der Waals surface area contributed by atoms with Crippen molar-refractivity contribution in [2.24, 2.45) is 0 Å². The van der Waals surface area contributed by atoms with Gasteiger partial charge < -0.3 is 80.5 Å². The summed E-state index contributed by atoms with van der Waals surface area (Å²) >= 11 is 0. The summed E-state index contributed by atoms with van der Waals surface area (Å²) in [6.45, 7) is 2.73. The van der Waals surface area contributed by atoms with Crippen LogP contribution in [0.4, 0.5) is 0 Å². The first-order valence-corrected chi connectivity index (χ1v) is 6.40. The largest absolute Gasteiger partial charge is 4.00 e. The van der Waals surface area contributed by atoms with Crippen molar-refractivity contribution in [3.8, 4) is 0 Å². The van der Waals surface area contributed by atoms with Gasteiger partial charge in [0.05, 0.1) is 23.9 Å². The van der Waals surface area contributed by atoms with E-state index in [1.54, 1.807) is 0 Å². The summed E-state index contributed by atoms with van der Waals surface area (Å²) < 4.78 is 0. The topological polar surface area (TPSA) is 325 Å². The molecule has 0 bridgehead atoms. The van der Waals surface area contributed by atoms with Gasteiger partial charge >= 0.3 is 55.8 Å². The average Bonchev–Trinajstić information content (AvgIpc) is 2.35. The van der Waals surface area contributed by atoms with E-state index < -0.39 is 47.0 Å². The van der Waals surface area contributed by atoms with E-state index in [1.165, 1.54) is 0 Å². The van der Waals surface area contributed by atoms with Crippen LogP contribution in [0.15, 0.2) is 0 Å². The van der Waals surface area contributed by atoms with Crippen LogP contribution in [-0.2, 0) is 45.4 Å². The number of carboxylic acids is 4. The van der Waals surface area contributed by atoms with Crippen molar-refractivity contribution in [1.29, 1.82) is 0 Å². The molecule has 0 radical (unpaired) electrons. The predicted molar refractivity (Wildman–Crippen MR) is 69.2 cm³/mol. The molecule has 0 saturated heterocycles. The molecule has 0 amide bonds. The average molecular weight is 533 g/mol. The fourth-order valence-corrected chi connectivity index (χ4v) is 0. The van der Waals surface area contributed by atoms with E-state index in [2.05, 4.69) is 0 Å². The van der Waals surface area contributed by atoms with E-state index in [0.29, 0.717) is 27.7 Å². The van der Waals surface area contributed by atoms with Crippen LogP contribution in [0.1, 0.15) is 27.7 Å². The monoisotopic (exact) mass is 532 g/mol. The van der Waals surface area contributed by atoms with Gasteiger partial charge in [-0.3, -0.25) is 0 Å². The third-order valence-electron chi connectivity index (χ3n) is 1.54. The molecule has 1 atom stereocenters. The van der Waals surface area contributed by atoms with Gasteiger partial charge in [-0.15, -0.1) is 0 Å². The molecule has 0 aliphatic rings. The quantitative estimate of drug-likeness (QED) is 0.130. The third kappa shape index (κ3) is 34.9. The first-order chi connectivity index (χ1) is 11.8. The smallest absolute Gasteiger partial charge is 0.824 e. The molecule has 7 N–H and O–H groups in total. The van der Waals surface area contributed by atoms with Crippen LogP contribution in [0, 0.1) is 0 Å². The second-order valence-electron chi connectivity index (χ2n) is 5.20. The zero-order valence-corrected chi connectivity index (χ0v) is 20.8. The number of aliphatic carboxylic acids is 4. The SMILES string of the molecule is CC(O)(O)C(=O)[O-].CC(O)(O)C(=O)[O-].CC(O)(O)C(=O)[O-].CC([O-])(O)C(=O)[O-].[Na+].[Zr+4]. The number of hydrogen-bond acceptors (Lipinski definition) is 16. The summed E-state index contributed by atoms with van der Waals surface area (Å²) in [5.74, 6) is -18.7. The van der Waals surface area contributed by atoms with Crippen molar-refractivity contribution in [2.45, 2.75) is 50.8 Å². The summed E-state index contributed by atoms with van der Waals surface area (Å²) in [6, 6.07) is 0. The van der Waals surface area contributed by atoms with E-state index >= 15 is 0 Å². The van der Waals surface area contributed by atoms with Crippen LogP contribution in [0.5, 0.6) is 0 Å². The molecule has 168 valence electrons. The van der Waals surface area contributed by atoms with Gasteiger partial charge in [-0.1, -0.05) is 0 Å². The zero-order valence-electron chi connectivity index (χ0n) is 16.3. The Bertz CT molecular complexity index is 426. The minimum absolute atomic E-state index is 0. The summed E-state index contributed by atoms with van der Waals surface area (Å²) in [4.78, 5) is 37.6. The van der Waals surface area contributed by atoms with Gasteiger partial charge in [-0.05, 0) is 27.7 Å². The number of rotatable bonds is 4. The molecule has 0 heterocycles. The van der Waals surface area contributed by atoms with Gasteiger partial charge in [0.25, 0.3) is 0 Å². The Balaban J connectivity index is -0.0000000626. The van der Waals surface area contributed by atoms with Gasteiger partial charge in [-0.2, -0.15) is 0 Å². The standard InChI is InChI=1S/3C3H6O4.C3H5O4.Na.Zr/c4*1-3(6,7)2(4)5;;/h3*6-7H,1H3,(H,4,5);6H,1H3,(H,4,5);;/q;;;-1;+1;+4/p-4. The molecule has 0 aromatic rings. The molecule has 0 aromatic heterocycles. The zero-order chi connectivity index (χ0) is 24.3. The van der Waals surface area contributed by atoms with Crippen molar-refractivity contribution in [3.05, 3.63) is 0 Å². The molecule has 18 heteroatoms. The molecule has 0 aliphatic heterocycles. The Kier molecular flexibility index (Phi) is 24.6. The van der Waals surface area contributed by atoms with Crippen LogP contribution in [0.2, 0.25) is 0 Å². The Morgan fingerprint density at radius 2 is 0.600 bits per heavy atom. The van der Waals surface area contributed by atoms with Crippen LogP contribution in [0.25, 0.3) is 0 Å². The molecule has 16 nitrogen and oxygen atoms in total.